The lowest BCUT2D eigenvalue weighted by atomic mass is 9.98. The number of hydrogen-bond acceptors (Lipinski definition) is 2. The van der Waals surface area contributed by atoms with Crippen molar-refractivity contribution in [2.75, 3.05) is 6.26 Å². The van der Waals surface area contributed by atoms with Crippen molar-refractivity contribution < 1.29 is 4.79 Å². The minimum absolute atomic E-state index is 0.420. The van der Waals surface area contributed by atoms with Gasteiger partial charge in [-0.15, -0.1) is 11.8 Å². The Bertz CT molecular complexity index is 329. The monoisotopic (exact) mass is 206 g/mol. The number of carbonyl (C=O) groups is 1. The van der Waals surface area contributed by atoms with Gasteiger partial charge in [-0.05, 0) is 36.3 Å². The smallest absolute Gasteiger partial charge is 0.133 e. The predicted octanol–water partition coefficient (Wildman–Crippen LogP) is 3.25. The molecule has 2 rings (SSSR count). The summed E-state index contributed by atoms with van der Waals surface area (Å²) in [5.74, 6) is 0.905. The first-order chi connectivity index (χ1) is 6.79. The lowest BCUT2D eigenvalue weighted by molar-refractivity contribution is -0.117. The zero-order valence-electron chi connectivity index (χ0n) is 8.32. The van der Waals surface area contributed by atoms with E-state index in [1.165, 1.54) is 10.5 Å². The van der Waals surface area contributed by atoms with Gasteiger partial charge in [0.25, 0.3) is 0 Å². The van der Waals surface area contributed by atoms with Gasteiger partial charge in [-0.25, -0.2) is 0 Å². The van der Waals surface area contributed by atoms with Crippen LogP contribution in [0, 0.1) is 0 Å². The molecule has 0 bridgehead atoms. The van der Waals surface area contributed by atoms with Crippen molar-refractivity contribution in [3.8, 4) is 0 Å². The van der Waals surface area contributed by atoms with Crippen molar-refractivity contribution in [2.24, 2.45) is 0 Å². The van der Waals surface area contributed by atoms with Gasteiger partial charge in [0.15, 0.2) is 0 Å². The molecule has 1 aliphatic rings. The van der Waals surface area contributed by atoms with Gasteiger partial charge in [-0.2, -0.15) is 0 Å². The Hall–Kier alpha value is -0.760. The van der Waals surface area contributed by atoms with E-state index in [4.69, 9.17) is 0 Å². The number of ketones is 1. The number of carbonyl (C=O) groups excluding carboxylic acids is 1. The molecule has 1 aromatic carbocycles. The molecule has 0 radical (unpaired) electrons. The van der Waals surface area contributed by atoms with Gasteiger partial charge < -0.3 is 0 Å². The summed E-state index contributed by atoms with van der Waals surface area (Å²) in [6.45, 7) is 0. The van der Waals surface area contributed by atoms with Crippen molar-refractivity contribution in [1.29, 1.82) is 0 Å². The second-order valence-electron chi connectivity index (χ2n) is 3.75. The Morgan fingerprint density at radius 3 is 2.50 bits per heavy atom. The quantitative estimate of drug-likeness (QED) is 0.691. The molecule has 1 atom stereocenters. The summed E-state index contributed by atoms with van der Waals surface area (Å²) in [5, 5.41) is 0. The van der Waals surface area contributed by atoms with Crippen LogP contribution in [0.5, 0.6) is 0 Å². The van der Waals surface area contributed by atoms with Gasteiger partial charge in [0.1, 0.15) is 5.78 Å². The van der Waals surface area contributed by atoms with E-state index in [1.54, 1.807) is 11.8 Å². The first-order valence-electron chi connectivity index (χ1n) is 4.95. The van der Waals surface area contributed by atoms with Crippen LogP contribution in [0.3, 0.4) is 0 Å². The van der Waals surface area contributed by atoms with Gasteiger partial charge in [-0.3, -0.25) is 4.79 Å². The summed E-state index contributed by atoms with van der Waals surface area (Å²) in [7, 11) is 0. The van der Waals surface area contributed by atoms with E-state index in [0.29, 0.717) is 11.7 Å². The van der Waals surface area contributed by atoms with Gasteiger partial charge in [0.05, 0.1) is 0 Å². The summed E-state index contributed by atoms with van der Waals surface area (Å²) >= 11 is 1.75. The highest BCUT2D eigenvalue weighted by molar-refractivity contribution is 7.98. The van der Waals surface area contributed by atoms with E-state index in [-0.39, 0.29) is 0 Å². The fourth-order valence-electron chi connectivity index (χ4n) is 1.97. The third-order valence-corrected chi connectivity index (χ3v) is 3.58. The number of thioether (sulfide) groups is 1. The molecule has 1 fully saturated rings. The van der Waals surface area contributed by atoms with Crippen LogP contribution in [0.2, 0.25) is 0 Å². The van der Waals surface area contributed by atoms with Crippen molar-refractivity contribution in [3.63, 3.8) is 0 Å². The predicted molar refractivity (Wildman–Crippen MR) is 59.8 cm³/mol. The van der Waals surface area contributed by atoms with Crippen LogP contribution in [-0.2, 0) is 4.79 Å². The minimum Gasteiger partial charge on any atom is -0.300 e. The first-order valence-corrected chi connectivity index (χ1v) is 6.17. The molecule has 14 heavy (non-hydrogen) atoms. The molecule has 1 unspecified atom stereocenters. The Morgan fingerprint density at radius 1 is 1.29 bits per heavy atom. The van der Waals surface area contributed by atoms with E-state index in [9.17, 15) is 4.79 Å². The second-order valence-corrected chi connectivity index (χ2v) is 4.63. The van der Waals surface area contributed by atoms with Crippen molar-refractivity contribution in [3.05, 3.63) is 29.8 Å². The minimum atomic E-state index is 0.420. The van der Waals surface area contributed by atoms with Gasteiger partial charge in [0.2, 0.25) is 0 Å². The largest absolute Gasteiger partial charge is 0.300 e. The molecule has 0 aliphatic heterocycles. The fraction of sp³-hybridized carbons (Fsp3) is 0.417. The maximum Gasteiger partial charge on any atom is 0.133 e. The Balaban J connectivity index is 2.13. The van der Waals surface area contributed by atoms with Gasteiger partial charge >= 0.3 is 0 Å². The standard InChI is InChI=1S/C12H14OS/c1-14-12-6-3-9(4-7-12)10-2-5-11(13)8-10/h3-4,6-7,10H,2,5,8H2,1H3. The van der Waals surface area contributed by atoms with Crippen LogP contribution < -0.4 is 0 Å². The summed E-state index contributed by atoms with van der Waals surface area (Å²) in [6, 6.07) is 8.61. The number of Topliss-reactive ketones (excluding diaryl/α,β-unsaturated/α-hetero) is 1. The Labute approximate surface area is 88.9 Å². The average molecular weight is 206 g/mol. The zero-order chi connectivity index (χ0) is 9.97. The van der Waals surface area contributed by atoms with Crippen molar-refractivity contribution in [1.82, 2.24) is 0 Å². The molecule has 1 aromatic rings. The van der Waals surface area contributed by atoms with Crippen LogP contribution in [-0.4, -0.2) is 12.0 Å². The summed E-state index contributed by atoms with van der Waals surface area (Å²) in [5.41, 5.74) is 1.33. The molecular formula is C12H14OS. The van der Waals surface area contributed by atoms with Crippen LogP contribution in [0.15, 0.2) is 29.2 Å². The lowest BCUT2D eigenvalue weighted by Crippen LogP contribution is -1.93. The van der Waals surface area contributed by atoms with E-state index >= 15 is 0 Å². The highest BCUT2D eigenvalue weighted by Gasteiger charge is 2.23. The number of hydrogen-bond donors (Lipinski definition) is 0. The SMILES string of the molecule is CSc1ccc(C2CCC(=O)C2)cc1. The van der Waals surface area contributed by atoms with Crippen molar-refractivity contribution >= 4 is 17.5 Å². The molecule has 2 heteroatoms. The molecule has 1 aliphatic carbocycles. The van der Waals surface area contributed by atoms with Gasteiger partial charge in [-0.1, -0.05) is 12.1 Å². The van der Waals surface area contributed by atoms with Crippen LogP contribution in [0.25, 0.3) is 0 Å². The third kappa shape index (κ3) is 2.01. The fourth-order valence-corrected chi connectivity index (χ4v) is 2.38. The lowest BCUT2D eigenvalue weighted by Gasteiger charge is -2.08. The molecule has 0 N–H and O–H groups in total. The van der Waals surface area contributed by atoms with E-state index in [1.807, 2.05) is 0 Å². The van der Waals surface area contributed by atoms with Gasteiger partial charge in [0, 0.05) is 17.7 Å². The summed E-state index contributed by atoms with van der Waals surface area (Å²) in [6.07, 6.45) is 4.64. The normalized spacial score (nSPS) is 21.5. The highest BCUT2D eigenvalue weighted by Crippen LogP contribution is 2.32. The Morgan fingerprint density at radius 2 is 2.00 bits per heavy atom. The maximum absolute atomic E-state index is 11.1. The Kier molecular flexibility index (Phi) is 2.92. The van der Waals surface area contributed by atoms with E-state index in [0.717, 1.165) is 19.3 Å². The second kappa shape index (κ2) is 4.18. The molecule has 0 heterocycles. The maximum atomic E-state index is 11.1. The molecule has 0 saturated heterocycles. The number of rotatable bonds is 2. The van der Waals surface area contributed by atoms with Crippen LogP contribution in [0.4, 0.5) is 0 Å². The van der Waals surface area contributed by atoms with E-state index < -0.39 is 0 Å². The average Bonchev–Trinajstić information content (AvgIpc) is 2.65. The highest BCUT2D eigenvalue weighted by atomic mass is 32.2. The molecule has 0 amide bonds. The third-order valence-electron chi connectivity index (χ3n) is 2.83. The number of benzene rings is 1. The van der Waals surface area contributed by atoms with Crippen LogP contribution >= 0.6 is 11.8 Å². The van der Waals surface area contributed by atoms with E-state index in [2.05, 4.69) is 30.5 Å². The molecule has 1 nitrogen and oxygen atoms in total. The summed E-state index contributed by atoms with van der Waals surface area (Å²) in [4.78, 5) is 12.4. The first kappa shape index (κ1) is 9.78. The van der Waals surface area contributed by atoms with Crippen LogP contribution in [0.1, 0.15) is 30.7 Å². The molecular weight excluding hydrogens is 192 g/mol. The molecule has 1 saturated carbocycles. The molecule has 0 aromatic heterocycles. The summed E-state index contributed by atoms with van der Waals surface area (Å²) < 4.78 is 0. The topological polar surface area (TPSA) is 17.1 Å². The molecule has 0 spiro atoms. The molecule has 74 valence electrons. The van der Waals surface area contributed by atoms with Crippen molar-refractivity contribution in [2.45, 2.75) is 30.1 Å². The zero-order valence-corrected chi connectivity index (χ0v) is 9.14.